The number of halogens is 2. The van der Waals surface area contributed by atoms with Gasteiger partial charge in [-0.15, -0.1) is 0 Å². The maximum Gasteiger partial charge on any atom is 0.257 e. The van der Waals surface area contributed by atoms with E-state index in [1.165, 1.54) is 12.1 Å². The fraction of sp³-hybridized carbons (Fsp3) is 0.385. The highest BCUT2D eigenvalue weighted by Crippen LogP contribution is 2.30. The van der Waals surface area contributed by atoms with Crippen LogP contribution >= 0.6 is 0 Å². The molecule has 3 aromatic rings. The maximum absolute atomic E-state index is 13.4. The molecule has 1 aromatic carbocycles. The number of amides is 2. The van der Waals surface area contributed by atoms with E-state index < -0.39 is 11.6 Å². The van der Waals surface area contributed by atoms with Gasteiger partial charge in [-0.1, -0.05) is 13.8 Å². The van der Waals surface area contributed by atoms with Crippen LogP contribution in [0.4, 0.5) is 8.78 Å². The lowest BCUT2D eigenvalue weighted by molar-refractivity contribution is -0.118. The Morgan fingerprint density at radius 1 is 1.12 bits per heavy atom. The minimum absolute atomic E-state index is 0.0491. The highest BCUT2D eigenvalue weighted by molar-refractivity contribution is 6.04. The number of benzene rings is 1. The Hall–Kier alpha value is -3.42. The lowest BCUT2D eigenvalue weighted by Crippen LogP contribution is -2.38. The van der Waals surface area contributed by atoms with Crippen molar-refractivity contribution in [1.29, 1.82) is 0 Å². The van der Waals surface area contributed by atoms with Crippen LogP contribution in [0.5, 0.6) is 0 Å². The van der Waals surface area contributed by atoms with Crippen LogP contribution in [0.1, 0.15) is 61.4 Å². The number of nitrogens with two attached hydrogens (primary N) is 1. The predicted molar refractivity (Wildman–Crippen MR) is 127 cm³/mol. The molecule has 0 bridgehead atoms. The number of nitrogens with zero attached hydrogens (tertiary/aromatic N) is 3. The van der Waals surface area contributed by atoms with Crippen LogP contribution in [-0.2, 0) is 4.79 Å². The Labute approximate surface area is 198 Å². The molecular weight excluding hydrogens is 438 g/mol. The van der Waals surface area contributed by atoms with Gasteiger partial charge in [-0.2, -0.15) is 0 Å². The molecule has 180 valence electrons. The van der Waals surface area contributed by atoms with Crippen molar-refractivity contribution in [2.75, 3.05) is 13.1 Å². The molecule has 3 heterocycles. The third-order valence-electron chi connectivity index (χ3n) is 5.85. The zero-order valence-electron chi connectivity index (χ0n) is 19.5. The lowest BCUT2D eigenvalue weighted by atomic mass is 9.89. The van der Waals surface area contributed by atoms with Gasteiger partial charge in [0.2, 0.25) is 5.91 Å². The number of hydrogen-bond donors (Lipinski definition) is 1. The summed E-state index contributed by atoms with van der Waals surface area (Å²) in [6.45, 7) is 5.21. The van der Waals surface area contributed by atoms with E-state index in [0.717, 1.165) is 17.9 Å². The molecule has 2 aromatic heterocycles. The van der Waals surface area contributed by atoms with Crippen molar-refractivity contribution < 1.29 is 18.4 Å². The van der Waals surface area contributed by atoms with Crippen LogP contribution in [0.15, 0.2) is 48.9 Å². The van der Waals surface area contributed by atoms with Crippen molar-refractivity contribution in [2.24, 2.45) is 11.7 Å². The number of aromatic nitrogens is 2. The van der Waals surface area contributed by atoms with Crippen LogP contribution in [0, 0.1) is 17.6 Å². The fourth-order valence-corrected chi connectivity index (χ4v) is 3.98. The number of carbonyl (C=O) groups is 2. The molecule has 0 atom stereocenters. The first-order valence-corrected chi connectivity index (χ1v) is 11.5. The number of piperidine rings is 1. The third-order valence-corrected chi connectivity index (χ3v) is 5.85. The standard InChI is InChI=1S/C20H17F2N3O.C6H13NO/c21-16-8-15(9-17(22)10-16)13-3-6-25(7-4-13)20(26)18-12-23-11-14-2-1-5-24-19(14)18;1-5(2)3-4-6(7)8/h1-2,5,8-13H,3-4,6-7H2;5H,3-4H2,1-2H3,(H2,7,8). The van der Waals surface area contributed by atoms with Gasteiger partial charge < -0.3 is 10.6 Å². The molecule has 34 heavy (non-hydrogen) atoms. The van der Waals surface area contributed by atoms with E-state index in [0.29, 0.717) is 54.9 Å². The summed E-state index contributed by atoms with van der Waals surface area (Å²) in [5, 5.41) is 0.823. The van der Waals surface area contributed by atoms with Crippen molar-refractivity contribution in [3.63, 3.8) is 0 Å². The van der Waals surface area contributed by atoms with E-state index in [1.807, 2.05) is 12.1 Å². The second-order valence-corrected chi connectivity index (χ2v) is 8.93. The van der Waals surface area contributed by atoms with Gasteiger partial charge in [-0.05, 0) is 60.9 Å². The molecule has 0 unspecified atom stereocenters. The summed E-state index contributed by atoms with van der Waals surface area (Å²) in [5.41, 5.74) is 6.68. The molecule has 0 radical (unpaired) electrons. The highest BCUT2D eigenvalue weighted by atomic mass is 19.1. The predicted octanol–water partition coefficient (Wildman–Crippen LogP) is 4.84. The molecule has 2 N–H and O–H groups in total. The zero-order chi connectivity index (χ0) is 24.7. The first-order valence-electron chi connectivity index (χ1n) is 11.5. The molecular formula is C26H30F2N4O2. The van der Waals surface area contributed by atoms with Gasteiger partial charge in [0.25, 0.3) is 5.91 Å². The van der Waals surface area contributed by atoms with Crippen molar-refractivity contribution in [1.82, 2.24) is 14.9 Å². The van der Waals surface area contributed by atoms with Gasteiger partial charge in [0.1, 0.15) is 11.6 Å². The van der Waals surface area contributed by atoms with E-state index in [-0.39, 0.29) is 17.7 Å². The molecule has 2 amide bonds. The van der Waals surface area contributed by atoms with Gasteiger partial charge in [-0.3, -0.25) is 19.6 Å². The summed E-state index contributed by atoms with van der Waals surface area (Å²) in [6.07, 6.45) is 7.66. The first-order chi connectivity index (χ1) is 16.2. The number of rotatable bonds is 5. The molecule has 1 aliphatic rings. The maximum atomic E-state index is 13.4. The van der Waals surface area contributed by atoms with E-state index in [4.69, 9.17) is 5.73 Å². The minimum atomic E-state index is -0.564. The third kappa shape index (κ3) is 6.79. The summed E-state index contributed by atoms with van der Waals surface area (Å²) in [7, 11) is 0. The van der Waals surface area contributed by atoms with Crippen LogP contribution < -0.4 is 5.73 Å². The molecule has 6 nitrogen and oxygen atoms in total. The zero-order valence-corrected chi connectivity index (χ0v) is 19.5. The molecule has 1 fully saturated rings. The number of hydrogen-bond acceptors (Lipinski definition) is 4. The number of carbonyl (C=O) groups excluding carboxylic acids is 2. The fourth-order valence-electron chi connectivity index (χ4n) is 3.98. The van der Waals surface area contributed by atoms with Gasteiger partial charge in [0, 0.05) is 49.6 Å². The van der Waals surface area contributed by atoms with Gasteiger partial charge in [0.05, 0.1) is 11.1 Å². The smallest absolute Gasteiger partial charge is 0.257 e. The summed E-state index contributed by atoms with van der Waals surface area (Å²) in [4.78, 5) is 33.2. The molecule has 1 saturated heterocycles. The Balaban J connectivity index is 0.000000350. The summed E-state index contributed by atoms with van der Waals surface area (Å²) in [5.74, 6) is -0.794. The van der Waals surface area contributed by atoms with Crippen LogP contribution in [0.25, 0.3) is 10.9 Å². The number of fused-ring (bicyclic) bond motifs is 1. The molecule has 0 spiro atoms. The SMILES string of the molecule is CC(C)CCC(N)=O.O=C(c1cncc2cccnc12)N1CCC(c2cc(F)cc(F)c2)CC1. The second kappa shape index (κ2) is 11.6. The molecule has 4 rings (SSSR count). The van der Waals surface area contributed by atoms with Crippen LogP contribution in [-0.4, -0.2) is 39.8 Å². The van der Waals surface area contributed by atoms with E-state index >= 15 is 0 Å². The minimum Gasteiger partial charge on any atom is -0.370 e. The summed E-state index contributed by atoms with van der Waals surface area (Å²) in [6, 6.07) is 7.31. The highest BCUT2D eigenvalue weighted by Gasteiger charge is 2.26. The number of pyridine rings is 2. The van der Waals surface area contributed by atoms with Crippen molar-refractivity contribution in [3.8, 4) is 0 Å². The van der Waals surface area contributed by atoms with Crippen molar-refractivity contribution in [2.45, 2.75) is 45.4 Å². The molecule has 0 saturated carbocycles. The molecule has 0 aliphatic carbocycles. The van der Waals surface area contributed by atoms with Crippen molar-refractivity contribution >= 4 is 22.7 Å². The quantitative estimate of drug-likeness (QED) is 0.581. The van der Waals surface area contributed by atoms with Crippen LogP contribution in [0.2, 0.25) is 0 Å². The summed E-state index contributed by atoms with van der Waals surface area (Å²) < 4.78 is 26.9. The van der Waals surface area contributed by atoms with Gasteiger partial charge >= 0.3 is 0 Å². The van der Waals surface area contributed by atoms with E-state index in [9.17, 15) is 18.4 Å². The van der Waals surface area contributed by atoms with E-state index in [1.54, 1.807) is 23.5 Å². The number of likely N-dealkylation sites (tertiary alicyclic amines) is 1. The van der Waals surface area contributed by atoms with Gasteiger partial charge in [0.15, 0.2) is 0 Å². The molecule has 1 aliphatic heterocycles. The van der Waals surface area contributed by atoms with E-state index in [2.05, 4.69) is 23.8 Å². The Morgan fingerprint density at radius 3 is 2.38 bits per heavy atom. The number of primary amides is 1. The normalized spacial score (nSPS) is 14.1. The van der Waals surface area contributed by atoms with Crippen LogP contribution in [0.3, 0.4) is 0 Å². The average Bonchev–Trinajstić information content (AvgIpc) is 2.82. The Morgan fingerprint density at radius 2 is 1.79 bits per heavy atom. The topological polar surface area (TPSA) is 89.2 Å². The molecule has 8 heteroatoms. The lowest BCUT2D eigenvalue weighted by Gasteiger charge is -2.32. The Bertz CT molecular complexity index is 1120. The largest absolute Gasteiger partial charge is 0.370 e. The monoisotopic (exact) mass is 468 g/mol. The Kier molecular flexibility index (Phi) is 8.62. The van der Waals surface area contributed by atoms with Crippen molar-refractivity contribution in [3.05, 3.63) is 71.7 Å². The average molecular weight is 469 g/mol. The first kappa shape index (κ1) is 25.2. The van der Waals surface area contributed by atoms with Gasteiger partial charge in [-0.25, -0.2) is 8.78 Å². The second-order valence-electron chi connectivity index (χ2n) is 8.93. The summed E-state index contributed by atoms with van der Waals surface area (Å²) >= 11 is 0.